The summed E-state index contributed by atoms with van der Waals surface area (Å²) in [5.41, 5.74) is 0.510. The van der Waals surface area contributed by atoms with Gasteiger partial charge in [0.25, 0.3) is 0 Å². The Morgan fingerprint density at radius 2 is 1.77 bits per heavy atom. The number of pyridine rings is 1. The summed E-state index contributed by atoms with van der Waals surface area (Å²) in [6.45, 7) is 5.85. The highest BCUT2D eigenvalue weighted by Gasteiger charge is 2.62. The topological polar surface area (TPSA) is 97.3 Å². The number of halogens is 4. The molecular formula is C27H26ClF3N8O. The molecule has 3 aromatic rings. The van der Waals surface area contributed by atoms with Gasteiger partial charge in [-0.2, -0.15) is 18.4 Å². The van der Waals surface area contributed by atoms with E-state index >= 15 is 0 Å². The smallest absolute Gasteiger partial charge is 0.380 e. The van der Waals surface area contributed by atoms with Gasteiger partial charge < -0.3 is 14.9 Å². The maximum Gasteiger partial charge on any atom is 0.417 e. The molecule has 1 spiro atoms. The highest BCUT2D eigenvalue weighted by atomic mass is 35.5. The minimum atomic E-state index is -4.65. The molecule has 208 valence electrons. The summed E-state index contributed by atoms with van der Waals surface area (Å²) in [6, 6.07) is 11.0. The van der Waals surface area contributed by atoms with Crippen molar-refractivity contribution in [3.63, 3.8) is 0 Å². The van der Waals surface area contributed by atoms with E-state index in [0.29, 0.717) is 35.4 Å². The molecule has 40 heavy (non-hydrogen) atoms. The number of nitrogens with zero attached hydrogens (tertiary/aromatic N) is 8. The second kappa shape index (κ2) is 8.55. The fourth-order valence-electron chi connectivity index (χ4n) is 6.56. The molecule has 13 heteroatoms. The monoisotopic (exact) mass is 570 g/mol. The van der Waals surface area contributed by atoms with Crippen LogP contribution >= 0.6 is 11.6 Å². The Balaban J connectivity index is 1.10. The average molecular weight is 571 g/mol. The van der Waals surface area contributed by atoms with E-state index in [1.807, 2.05) is 34.6 Å². The molecule has 0 atom stereocenters. The van der Waals surface area contributed by atoms with Crippen molar-refractivity contribution >= 4 is 23.4 Å². The molecule has 1 N–H and O–H groups in total. The number of benzene rings is 1. The third-order valence-electron chi connectivity index (χ3n) is 8.81. The van der Waals surface area contributed by atoms with Gasteiger partial charge in [-0.05, 0) is 42.8 Å². The fraction of sp³-hybridized carbons (Fsp3) is 0.481. The van der Waals surface area contributed by atoms with Crippen LogP contribution in [0.15, 0.2) is 30.3 Å². The van der Waals surface area contributed by atoms with Crippen molar-refractivity contribution < 1.29 is 18.3 Å². The molecular weight excluding hydrogens is 545 g/mol. The SMILES string of the molecule is Cc1nc(N2CC3(C2)CN(c2nnc4n2-c2ccc(Cl)cc2CN(C2CC(O)(C(F)(F)F)C2)C4)C3)ccc1C#N. The highest BCUT2D eigenvalue weighted by molar-refractivity contribution is 6.30. The van der Waals surface area contributed by atoms with E-state index in [-0.39, 0.29) is 18.3 Å². The number of nitriles is 1. The van der Waals surface area contributed by atoms with Gasteiger partial charge in [-0.1, -0.05) is 11.6 Å². The number of alkyl halides is 3. The summed E-state index contributed by atoms with van der Waals surface area (Å²) in [7, 11) is 0. The zero-order valence-electron chi connectivity index (χ0n) is 21.7. The van der Waals surface area contributed by atoms with E-state index in [9.17, 15) is 23.5 Å². The van der Waals surface area contributed by atoms with Crippen LogP contribution < -0.4 is 9.80 Å². The predicted octanol–water partition coefficient (Wildman–Crippen LogP) is 3.59. The van der Waals surface area contributed by atoms with Crippen LogP contribution in [0.2, 0.25) is 5.02 Å². The molecule has 1 saturated carbocycles. The van der Waals surface area contributed by atoms with E-state index in [1.165, 1.54) is 0 Å². The second-order valence-electron chi connectivity index (χ2n) is 11.6. The molecule has 4 aliphatic rings. The Labute approximate surface area is 233 Å². The molecule has 9 nitrogen and oxygen atoms in total. The largest absolute Gasteiger partial charge is 0.417 e. The Hall–Kier alpha value is -3.40. The Bertz CT molecular complexity index is 1550. The van der Waals surface area contributed by atoms with Crippen molar-refractivity contribution in [3.05, 3.63) is 58.0 Å². The van der Waals surface area contributed by atoms with Crippen molar-refractivity contribution in [3.8, 4) is 11.8 Å². The van der Waals surface area contributed by atoms with Gasteiger partial charge in [0.05, 0.1) is 23.5 Å². The minimum Gasteiger partial charge on any atom is -0.380 e. The molecule has 1 aromatic carbocycles. The van der Waals surface area contributed by atoms with Crippen molar-refractivity contribution in [2.24, 2.45) is 5.41 Å². The first-order valence-corrected chi connectivity index (χ1v) is 13.5. The summed E-state index contributed by atoms with van der Waals surface area (Å²) in [6.07, 6.45) is -5.39. The molecule has 1 aliphatic carbocycles. The van der Waals surface area contributed by atoms with Crippen LogP contribution in [0, 0.1) is 23.7 Å². The molecule has 3 fully saturated rings. The zero-order chi connectivity index (χ0) is 28.0. The van der Waals surface area contributed by atoms with Crippen molar-refractivity contribution in [1.82, 2.24) is 24.6 Å². The molecule has 0 radical (unpaired) electrons. The molecule has 7 rings (SSSR count). The van der Waals surface area contributed by atoms with Crippen LogP contribution in [0.5, 0.6) is 0 Å². The lowest BCUT2D eigenvalue weighted by Gasteiger charge is -2.60. The van der Waals surface area contributed by atoms with Gasteiger partial charge in [-0.25, -0.2) is 4.98 Å². The number of aliphatic hydroxyl groups is 1. The van der Waals surface area contributed by atoms with E-state index in [2.05, 4.69) is 31.1 Å². The Morgan fingerprint density at radius 1 is 1.05 bits per heavy atom. The number of hydrogen-bond acceptors (Lipinski definition) is 8. The van der Waals surface area contributed by atoms with Gasteiger partial charge in [-0.3, -0.25) is 9.47 Å². The van der Waals surface area contributed by atoms with E-state index in [0.717, 1.165) is 48.9 Å². The quantitative estimate of drug-likeness (QED) is 0.510. The molecule has 2 aromatic heterocycles. The van der Waals surface area contributed by atoms with Gasteiger partial charge in [0.2, 0.25) is 5.95 Å². The second-order valence-corrected chi connectivity index (χ2v) is 12.1. The van der Waals surface area contributed by atoms with Crippen LogP contribution in [0.1, 0.15) is 35.5 Å². The number of rotatable bonds is 3. The zero-order valence-corrected chi connectivity index (χ0v) is 22.4. The third-order valence-corrected chi connectivity index (χ3v) is 9.04. The third kappa shape index (κ3) is 3.86. The fourth-order valence-corrected chi connectivity index (χ4v) is 6.75. The van der Waals surface area contributed by atoms with E-state index < -0.39 is 17.8 Å². The molecule has 3 aliphatic heterocycles. The first kappa shape index (κ1) is 25.6. The van der Waals surface area contributed by atoms with Gasteiger partial charge in [0, 0.05) is 62.0 Å². The van der Waals surface area contributed by atoms with Crippen molar-refractivity contribution in [2.45, 2.75) is 50.7 Å². The van der Waals surface area contributed by atoms with E-state index in [1.54, 1.807) is 12.1 Å². The number of anilines is 2. The van der Waals surface area contributed by atoms with Gasteiger partial charge in [0.15, 0.2) is 11.4 Å². The molecule has 0 bridgehead atoms. The summed E-state index contributed by atoms with van der Waals surface area (Å²) >= 11 is 6.32. The van der Waals surface area contributed by atoms with Crippen LogP contribution in [0.4, 0.5) is 24.9 Å². The lowest BCUT2D eigenvalue weighted by atomic mass is 9.73. The Kier molecular flexibility index (Phi) is 5.46. The van der Waals surface area contributed by atoms with Crippen molar-refractivity contribution in [2.75, 3.05) is 36.0 Å². The summed E-state index contributed by atoms with van der Waals surface area (Å²) < 4.78 is 41.9. The first-order valence-electron chi connectivity index (χ1n) is 13.1. The number of aryl methyl sites for hydroxylation is 1. The van der Waals surface area contributed by atoms with Crippen LogP contribution in [-0.4, -0.2) is 73.8 Å². The normalized spacial score (nSPS) is 25.3. The van der Waals surface area contributed by atoms with Gasteiger partial charge in [-0.15, -0.1) is 10.2 Å². The summed E-state index contributed by atoms with van der Waals surface area (Å²) in [5.74, 6) is 2.22. The van der Waals surface area contributed by atoms with Gasteiger partial charge >= 0.3 is 6.18 Å². The summed E-state index contributed by atoms with van der Waals surface area (Å²) in [5, 5.41) is 28.7. The van der Waals surface area contributed by atoms with Crippen LogP contribution in [0.3, 0.4) is 0 Å². The average Bonchev–Trinajstić information content (AvgIpc) is 3.15. The first-order chi connectivity index (χ1) is 19.0. The van der Waals surface area contributed by atoms with Gasteiger partial charge in [0.1, 0.15) is 11.9 Å². The lowest BCUT2D eigenvalue weighted by molar-refractivity contribution is -0.300. The molecule has 0 amide bonds. The van der Waals surface area contributed by atoms with Crippen LogP contribution in [-0.2, 0) is 13.1 Å². The van der Waals surface area contributed by atoms with Crippen LogP contribution in [0.25, 0.3) is 5.69 Å². The number of fused-ring (bicyclic) bond motifs is 3. The standard InChI is InChI=1S/C27H26ClF3N8O/c1-16-17(9-32)2-5-22(33-16)37-12-25(13-37)14-38(15-25)24-35-34-23-11-36(20-7-26(40,8-20)27(29,30)31)10-18-6-19(28)3-4-21(18)39(23)24/h2-6,20,40H,7-8,10-15H2,1H3. The van der Waals surface area contributed by atoms with Crippen molar-refractivity contribution in [1.29, 1.82) is 5.26 Å². The maximum absolute atomic E-state index is 13.3. The molecule has 5 heterocycles. The van der Waals surface area contributed by atoms with E-state index in [4.69, 9.17) is 11.6 Å². The summed E-state index contributed by atoms with van der Waals surface area (Å²) in [4.78, 5) is 10.9. The highest BCUT2D eigenvalue weighted by Crippen LogP contribution is 2.49. The molecule has 0 unspecified atom stereocenters. The number of hydrogen-bond donors (Lipinski definition) is 1. The molecule has 2 saturated heterocycles. The predicted molar refractivity (Wildman–Crippen MR) is 140 cm³/mol. The Morgan fingerprint density at radius 3 is 2.45 bits per heavy atom. The number of aromatic nitrogens is 4. The minimum absolute atomic E-state index is 0.115. The maximum atomic E-state index is 13.3. The lowest BCUT2D eigenvalue weighted by Crippen LogP contribution is -2.73.